The van der Waals surface area contributed by atoms with Crippen LogP contribution in [0.2, 0.25) is 13.1 Å². The third-order valence-corrected chi connectivity index (χ3v) is 12.7. The summed E-state index contributed by atoms with van der Waals surface area (Å²) in [7, 11) is -0.389. The summed E-state index contributed by atoms with van der Waals surface area (Å²) < 4.78 is 0. The van der Waals surface area contributed by atoms with Crippen molar-refractivity contribution < 1.29 is 0 Å². The van der Waals surface area contributed by atoms with E-state index < -0.39 is 0 Å². The summed E-state index contributed by atoms with van der Waals surface area (Å²) in [5, 5.41) is 2.99. The molecule has 0 amide bonds. The average Bonchev–Trinajstić information content (AvgIpc) is 3.18. The third kappa shape index (κ3) is 6.68. The maximum absolute atomic E-state index is 2.40. The molecule has 0 bridgehead atoms. The molecule has 3 heteroatoms. The van der Waals surface area contributed by atoms with Crippen molar-refractivity contribution in [3.8, 4) is 66.8 Å². The molecule has 7 rings (SSSR count). The van der Waals surface area contributed by atoms with Crippen LogP contribution in [-0.2, 0) is 0 Å². The van der Waals surface area contributed by atoms with E-state index in [0.29, 0.717) is 0 Å². The van der Waals surface area contributed by atoms with Gasteiger partial charge in [-0.25, -0.2) is 0 Å². The Labute approximate surface area is 294 Å². The quantitative estimate of drug-likeness (QED) is 0.109. The van der Waals surface area contributed by atoms with E-state index in [0.717, 1.165) is 0 Å². The molecule has 234 valence electrons. The van der Waals surface area contributed by atoms with Gasteiger partial charge in [0.15, 0.2) is 0 Å². The molecule has 48 heavy (non-hydrogen) atoms. The van der Waals surface area contributed by atoms with Crippen molar-refractivity contribution in [1.29, 1.82) is 0 Å². The Morgan fingerprint density at radius 2 is 0.604 bits per heavy atom. The molecule has 0 radical (unpaired) electrons. The highest BCUT2D eigenvalue weighted by Gasteiger charge is 2.16. The Balaban J connectivity index is 1.45. The first-order valence-electron chi connectivity index (χ1n) is 16.9. The SMILES string of the molecule is C[SiH2]c1ccc(-c2ccccc2-c2cc(-c3ccccc3-c3ccc([SiH2]C)cc3)cc(-c3ccccc3-c3ccc(SC)cc3)c2)cc1. The zero-order valence-electron chi connectivity index (χ0n) is 27.9. The van der Waals surface area contributed by atoms with Crippen molar-refractivity contribution in [1.82, 2.24) is 0 Å². The molecule has 0 N–H and O–H groups in total. The van der Waals surface area contributed by atoms with Crippen LogP contribution in [0.25, 0.3) is 66.8 Å². The molecule has 0 nitrogen and oxygen atoms in total. The molecule has 0 aliphatic rings. The molecule has 7 aromatic rings. The Kier molecular flexibility index (Phi) is 9.71. The fourth-order valence-electron chi connectivity index (χ4n) is 6.66. The van der Waals surface area contributed by atoms with Gasteiger partial charge in [-0.05, 0) is 103 Å². The van der Waals surface area contributed by atoms with Crippen LogP contribution in [0.1, 0.15) is 0 Å². The van der Waals surface area contributed by atoms with E-state index in [9.17, 15) is 0 Å². The highest BCUT2D eigenvalue weighted by Crippen LogP contribution is 2.42. The Hall–Kier alpha value is -4.68. The van der Waals surface area contributed by atoms with Crippen molar-refractivity contribution in [3.63, 3.8) is 0 Å². The molecule has 0 saturated heterocycles. The summed E-state index contributed by atoms with van der Waals surface area (Å²) >= 11 is 1.78. The predicted molar refractivity (Wildman–Crippen MR) is 219 cm³/mol. The van der Waals surface area contributed by atoms with Crippen molar-refractivity contribution in [2.75, 3.05) is 6.26 Å². The largest absolute Gasteiger partial charge is 0.130 e. The fraction of sp³-hybridized carbons (Fsp3) is 0.0667. The number of thioether (sulfide) groups is 1. The van der Waals surface area contributed by atoms with Gasteiger partial charge >= 0.3 is 0 Å². The van der Waals surface area contributed by atoms with E-state index in [1.807, 2.05) is 0 Å². The van der Waals surface area contributed by atoms with Crippen molar-refractivity contribution in [2.45, 2.75) is 18.0 Å². The van der Waals surface area contributed by atoms with E-state index in [2.05, 4.69) is 183 Å². The zero-order valence-corrected chi connectivity index (χ0v) is 31.6. The van der Waals surface area contributed by atoms with Gasteiger partial charge in [-0.3, -0.25) is 0 Å². The predicted octanol–water partition coefficient (Wildman–Crippen LogP) is 10.1. The van der Waals surface area contributed by atoms with Crippen molar-refractivity contribution >= 4 is 41.2 Å². The molecular weight excluding hydrogens is 629 g/mol. The summed E-state index contributed by atoms with van der Waals surface area (Å²) in [6, 6.07) is 61.3. The minimum absolute atomic E-state index is 0.195. The number of rotatable bonds is 9. The smallest absolute Gasteiger partial charge is 0.0517 e. The lowest BCUT2D eigenvalue weighted by Gasteiger charge is -2.18. The van der Waals surface area contributed by atoms with Gasteiger partial charge in [0.05, 0.1) is 19.0 Å². The van der Waals surface area contributed by atoms with Crippen LogP contribution in [0.15, 0.2) is 169 Å². The van der Waals surface area contributed by atoms with Crippen molar-refractivity contribution in [2.24, 2.45) is 0 Å². The van der Waals surface area contributed by atoms with Gasteiger partial charge in [-0.2, -0.15) is 0 Å². The fourth-order valence-corrected chi connectivity index (χ4v) is 8.49. The molecule has 0 aliphatic heterocycles. The molecule has 0 saturated carbocycles. The second-order valence-electron chi connectivity index (χ2n) is 12.3. The minimum Gasteiger partial charge on any atom is -0.130 e. The molecule has 0 aromatic heterocycles. The van der Waals surface area contributed by atoms with E-state index in [1.165, 1.54) is 82.0 Å². The summed E-state index contributed by atoms with van der Waals surface area (Å²) in [6.07, 6.45) is 2.13. The van der Waals surface area contributed by atoms with Gasteiger partial charge in [0, 0.05) is 4.90 Å². The summed E-state index contributed by atoms with van der Waals surface area (Å²) in [6.45, 7) is 4.70. The van der Waals surface area contributed by atoms with Gasteiger partial charge in [-0.1, -0.05) is 157 Å². The first-order chi connectivity index (χ1) is 23.6. The molecule has 0 fully saturated rings. The number of benzene rings is 7. The first kappa shape index (κ1) is 31.9. The second-order valence-corrected chi connectivity index (χ2v) is 16.2. The van der Waals surface area contributed by atoms with Gasteiger partial charge in [-0.15, -0.1) is 11.8 Å². The van der Waals surface area contributed by atoms with E-state index in [1.54, 1.807) is 11.8 Å². The van der Waals surface area contributed by atoms with Crippen LogP contribution < -0.4 is 10.4 Å². The summed E-state index contributed by atoms with van der Waals surface area (Å²) in [4.78, 5) is 1.28. The first-order valence-corrected chi connectivity index (χ1v) is 22.4. The van der Waals surface area contributed by atoms with Crippen LogP contribution in [0.5, 0.6) is 0 Å². The van der Waals surface area contributed by atoms with Gasteiger partial charge < -0.3 is 0 Å². The lowest BCUT2D eigenvalue weighted by molar-refractivity contribution is 1.46. The van der Waals surface area contributed by atoms with Crippen LogP contribution in [0.4, 0.5) is 0 Å². The molecular formula is C45H40SSi2. The second kappa shape index (κ2) is 14.6. The molecule has 0 unspecified atom stereocenters. The standard InChI is InChI=1S/C45H40SSi2/c1-46-37-22-16-31(17-23-37)40-10-4-7-13-43(40)34-28-35(44-14-8-5-11-41(44)32-18-24-38(47-2)25-19-32)30-36(29-34)45-15-9-6-12-42(45)33-20-26-39(48-3)27-21-33/h4-30H,47-48H2,1-3H3. The van der Waals surface area contributed by atoms with Crippen molar-refractivity contribution in [3.05, 3.63) is 164 Å². The Morgan fingerprint density at radius 1 is 0.333 bits per heavy atom. The van der Waals surface area contributed by atoms with Crippen LogP contribution in [0.3, 0.4) is 0 Å². The van der Waals surface area contributed by atoms with Crippen LogP contribution >= 0.6 is 11.8 Å². The Morgan fingerprint density at radius 3 is 0.875 bits per heavy atom. The molecule has 7 aromatic carbocycles. The monoisotopic (exact) mass is 668 g/mol. The summed E-state index contributed by atoms with van der Waals surface area (Å²) in [5.41, 5.74) is 14.9. The van der Waals surface area contributed by atoms with Crippen LogP contribution in [0, 0.1) is 0 Å². The average molecular weight is 669 g/mol. The highest BCUT2D eigenvalue weighted by molar-refractivity contribution is 7.98. The maximum atomic E-state index is 2.40. The number of hydrogen-bond acceptors (Lipinski definition) is 1. The topological polar surface area (TPSA) is 0 Å². The van der Waals surface area contributed by atoms with Gasteiger partial charge in [0.1, 0.15) is 0 Å². The molecule has 0 atom stereocenters. The minimum atomic E-state index is -0.195. The molecule has 0 spiro atoms. The van der Waals surface area contributed by atoms with Gasteiger partial charge in [0.2, 0.25) is 0 Å². The lowest BCUT2D eigenvalue weighted by Crippen LogP contribution is -2.08. The van der Waals surface area contributed by atoms with E-state index in [-0.39, 0.29) is 19.0 Å². The van der Waals surface area contributed by atoms with Crippen LogP contribution in [-0.4, -0.2) is 25.3 Å². The van der Waals surface area contributed by atoms with E-state index >= 15 is 0 Å². The normalized spacial score (nSPS) is 11.6. The highest BCUT2D eigenvalue weighted by atomic mass is 32.2. The lowest BCUT2D eigenvalue weighted by atomic mass is 9.86. The van der Waals surface area contributed by atoms with E-state index in [4.69, 9.17) is 0 Å². The number of hydrogen-bond donors (Lipinski definition) is 0. The third-order valence-electron chi connectivity index (χ3n) is 9.39. The maximum Gasteiger partial charge on any atom is 0.0517 e. The molecule has 0 aliphatic carbocycles. The molecule has 0 heterocycles. The van der Waals surface area contributed by atoms with Gasteiger partial charge in [0.25, 0.3) is 0 Å². The summed E-state index contributed by atoms with van der Waals surface area (Å²) in [5.74, 6) is 0. The Bertz CT molecular complexity index is 1900. The zero-order chi connectivity index (χ0) is 32.9.